The first-order valence-corrected chi connectivity index (χ1v) is 15.3. The number of rotatable bonds is 9. The molecule has 3 aromatic heterocycles. The zero-order valence-corrected chi connectivity index (χ0v) is 25.9. The predicted octanol–water partition coefficient (Wildman–Crippen LogP) is 8.49. The van der Waals surface area contributed by atoms with Crippen LogP contribution in [0.1, 0.15) is 33.2 Å². The zero-order valence-electron chi connectivity index (χ0n) is 25.1. The fourth-order valence-corrected chi connectivity index (χ4v) is 6.64. The van der Waals surface area contributed by atoms with Gasteiger partial charge >= 0.3 is 0 Å². The van der Waals surface area contributed by atoms with Crippen molar-refractivity contribution >= 4 is 11.3 Å². The lowest BCUT2D eigenvalue weighted by molar-refractivity contribution is 0.291. The van der Waals surface area contributed by atoms with Crippen LogP contribution in [0.3, 0.4) is 0 Å². The normalized spacial score (nSPS) is 11.2. The Morgan fingerprint density at radius 2 is 1.55 bits per heavy atom. The van der Waals surface area contributed by atoms with Crippen LogP contribution in [0, 0.1) is 33.5 Å². The first-order chi connectivity index (χ1) is 21.3. The van der Waals surface area contributed by atoms with E-state index in [9.17, 15) is 4.79 Å². The molecule has 0 bridgehead atoms. The van der Waals surface area contributed by atoms with Crippen molar-refractivity contribution in [2.24, 2.45) is 0 Å². The van der Waals surface area contributed by atoms with Crippen molar-refractivity contribution in [1.82, 2.24) is 14.7 Å². The smallest absolute Gasteiger partial charge is 0.262 e. The fraction of sp³-hybridized carbons (Fsp3) is 0.194. The summed E-state index contributed by atoms with van der Waals surface area (Å²) in [5.41, 5.74) is 6.05. The van der Waals surface area contributed by atoms with Crippen LogP contribution in [0.25, 0.3) is 33.0 Å². The number of halogens is 1. The average Bonchev–Trinajstić information content (AvgIpc) is 3.56. The second-order valence-electron chi connectivity index (χ2n) is 10.8. The summed E-state index contributed by atoms with van der Waals surface area (Å²) in [4.78, 5) is 21.3. The third-order valence-electron chi connectivity index (χ3n) is 7.72. The molecular formula is C36H32FN3O3S. The van der Waals surface area contributed by atoms with Crippen LogP contribution in [-0.2, 0) is 19.6 Å². The van der Waals surface area contributed by atoms with Gasteiger partial charge in [0.05, 0.1) is 22.5 Å². The van der Waals surface area contributed by atoms with Crippen molar-refractivity contribution < 1.29 is 13.7 Å². The van der Waals surface area contributed by atoms with Gasteiger partial charge in [-0.1, -0.05) is 71.9 Å². The minimum atomic E-state index is -0.512. The van der Waals surface area contributed by atoms with Crippen molar-refractivity contribution in [3.8, 4) is 38.7 Å². The number of para-hydroxylation sites is 1. The molecule has 0 spiro atoms. The SMILES string of the molecule is Cc1noc(C)c1-c1cc(-c2c(C)nc(-c3cccc(F)c3OCc3ccccc3)n(CCc3ccccc3)c2=O)sc1C. The van der Waals surface area contributed by atoms with Crippen LogP contribution in [0.5, 0.6) is 5.75 Å². The van der Waals surface area contributed by atoms with Crippen LogP contribution >= 0.6 is 11.3 Å². The van der Waals surface area contributed by atoms with E-state index in [1.165, 1.54) is 6.07 Å². The summed E-state index contributed by atoms with van der Waals surface area (Å²) in [5.74, 6) is 0.655. The van der Waals surface area contributed by atoms with Gasteiger partial charge in [0.2, 0.25) is 0 Å². The highest BCUT2D eigenvalue weighted by atomic mass is 32.1. The predicted molar refractivity (Wildman–Crippen MR) is 173 cm³/mol. The molecule has 44 heavy (non-hydrogen) atoms. The molecule has 0 unspecified atom stereocenters. The lowest BCUT2D eigenvalue weighted by Crippen LogP contribution is -2.27. The summed E-state index contributed by atoms with van der Waals surface area (Å²) in [6, 6.07) is 26.3. The molecule has 0 fully saturated rings. The Kier molecular flexibility index (Phi) is 8.26. The molecule has 0 saturated heterocycles. The first-order valence-electron chi connectivity index (χ1n) is 14.5. The van der Waals surface area contributed by atoms with Gasteiger partial charge in [-0.15, -0.1) is 11.3 Å². The number of aryl methyl sites for hydroxylation is 5. The summed E-state index contributed by atoms with van der Waals surface area (Å²) >= 11 is 1.54. The molecule has 222 valence electrons. The number of ether oxygens (including phenoxy) is 1. The van der Waals surface area contributed by atoms with Gasteiger partial charge in [-0.2, -0.15) is 0 Å². The number of hydrogen-bond acceptors (Lipinski definition) is 6. The molecule has 0 aliphatic rings. The number of nitrogens with zero attached hydrogens (tertiary/aromatic N) is 3. The summed E-state index contributed by atoms with van der Waals surface area (Å²) < 4.78 is 28.5. The summed E-state index contributed by atoms with van der Waals surface area (Å²) in [6.45, 7) is 8.20. The van der Waals surface area contributed by atoms with E-state index in [2.05, 4.69) is 5.16 Å². The summed E-state index contributed by atoms with van der Waals surface area (Å²) in [5, 5.41) is 4.12. The monoisotopic (exact) mass is 605 g/mol. The second kappa shape index (κ2) is 12.4. The van der Waals surface area contributed by atoms with Gasteiger partial charge in [0.15, 0.2) is 11.6 Å². The highest BCUT2D eigenvalue weighted by Crippen LogP contribution is 2.40. The van der Waals surface area contributed by atoms with E-state index < -0.39 is 5.82 Å². The highest BCUT2D eigenvalue weighted by Gasteiger charge is 2.24. The number of aromatic nitrogens is 3. The fourth-order valence-electron chi connectivity index (χ4n) is 5.53. The summed E-state index contributed by atoms with van der Waals surface area (Å²) in [6.07, 6.45) is 0.598. The molecule has 6 aromatic rings. The van der Waals surface area contributed by atoms with E-state index in [4.69, 9.17) is 14.2 Å². The zero-order chi connectivity index (χ0) is 30.8. The molecule has 3 aromatic carbocycles. The quantitative estimate of drug-likeness (QED) is 0.165. The number of benzene rings is 3. The van der Waals surface area contributed by atoms with Crippen LogP contribution in [-0.4, -0.2) is 14.7 Å². The average molecular weight is 606 g/mol. The van der Waals surface area contributed by atoms with E-state index in [-0.39, 0.29) is 17.9 Å². The molecule has 6 nitrogen and oxygen atoms in total. The first kappa shape index (κ1) is 29.3. The molecular weight excluding hydrogens is 573 g/mol. The Morgan fingerprint density at radius 3 is 2.23 bits per heavy atom. The van der Waals surface area contributed by atoms with Crippen LogP contribution in [0.4, 0.5) is 4.39 Å². The molecule has 0 saturated carbocycles. The standard InChI is InChI=1S/C36H32FN3O3S/c1-22-33(31-20-29(25(4)44-31)32-23(2)39-43-24(32)3)36(41)40(19-18-26-12-7-5-8-13-26)35(38-22)28-16-11-17-30(37)34(28)42-21-27-14-9-6-10-15-27/h5-17,20H,18-19,21H2,1-4H3. The Balaban J connectivity index is 1.49. The minimum Gasteiger partial charge on any atom is -0.485 e. The van der Waals surface area contributed by atoms with Crippen molar-refractivity contribution in [3.05, 3.63) is 134 Å². The maximum atomic E-state index is 15.4. The second-order valence-corrected chi connectivity index (χ2v) is 12.0. The number of thiophene rings is 1. The van der Waals surface area contributed by atoms with Gasteiger partial charge in [0, 0.05) is 27.4 Å². The van der Waals surface area contributed by atoms with E-state index in [1.54, 1.807) is 28.0 Å². The van der Waals surface area contributed by atoms with E-state index >= 15 is 4.39 Å². The molecule has 0 aliphatic carbocycles. The van der Waals surface area contributed by atoms with E-state index in [0.29, 0.717) is 35.6 Å². The summed E-state index contributed by atoms with van der Waals surface area (Å²) in [7, 11) is 0. The highest BCUT2D eigenvalue weighted by molar-refractivity contribution is 7.16. The van der Waals surface area contributed by atoms with Crippen molar-refractivity contribution in [2.75, 3.05) is 0 Å². The van der Waals surface area contributed by atoms with Crippen LogP contribution < -0.4 is 10.3 Å². The van der Waals surface area contributed by atoms with Crippen LogP contribution in [0.15, 0.2) is 94.2 Å². The van der Waals surface area contributed by atoms with Crippen molar-refractivity contribution in [3.63, 3.8) is 0 Å². The van der Waals surface area contributed by atoms with Gasteiger partial charge < -0.3 is 9.26 Å². The van der Waals surface area contributed by atoms with Gasteiger partial charge in [-0.3, -0.25) is 9.36 Å². The van der Waals surface area contributed by atoms with Crippen molar-refractivity contribution in [2.45, 2.75) is 47.3 Å². The van der Waals surface area contributed by atoms with Crippen molar-refractivity contribution in [1.29, 1.82) is 0 Å². The van der Waals surface area contributed by atoms with Gasteiger partial charge in [0.1, 0.15) is 18.2 Å². The molecule has 6 rings (SSSR count). The van der Waals surface area contributed by atoms with Gasteiger partial charge in [-0.05, 0) is 63.4 Å². The molecule has 0 atom stereocenters. The molecule has 3 heterocycles. The molecule has 8 heteroatoms. The molecule has 0 amide bonds. The lowest BCUT2D eigenvalue weighted by Gasteiger charge is -2.18. The lowest BCUT2D eigenvalue weighted by atomic mass is 10.0. The Labute approximate surface area is 259 Å². The largest absolute Gasteiger partial charge is 0.485 e. The molecule has 0 aliphatic heterocycles. The maximum absolute atomic E-state index is 15.4. The van der Waals surface area contributed by atoms with Crippen LogP contribution in [0.2, 0.25) is 0 Å². The Hall–Kier alpha value is -4.82. The third kappa shape index (κ3) is 5.73. The van der Waals surface area contributed by atoms with E-state index in [0.717, 1.165) is 43.5 Å². The van der Waals surface area contributed by atoms with E-state index in [1.807, 2.05) is 94.4 Å². The van der Waals surface area contributed by atoms with Gasteiger partial charge in [-0.25, -0.2) is 9.37 Å². The molecule has 0 N–H and O–H groups in total. The molecule has 0 radical (unpaired) electrons. The Morgan fingerprint density at radius 1 is 0.841 bits per heavy atom. The Bertz CT molecular complexity index is 1980. The minimum absolute atomic E-state index is 0.0662. The topological polar surface area (TPSA) is 70.2 Å². The maximum Gasteiger partial charge on any atom is 0.262 e. The third-order valence-corrected chi connectivity index (χ3v) is 8.79. The van der Waals surface area contributed by atoms with Gasteiger partial charge in [0.25, 0.3) is 5.56 Å². The number of hydrogen-bond donors (Lipinski definition) is 0.